The van der Waals surface area contributed by atoms with E-state index in [2.05, 4.69) is 10.5 Å². The first-order valence-corrected chi connectivity index (χ1v) is 16.6. The lowest BCUT2D eigenvalue weighted by atomic mass is 10.1. The predicted octanol–water partition coefficient (Wildman–Crippen LogP) is 7.03. The molecule has 1 saturated heterocycles. The molecule has 0 spiro atoms. The number of halogens is 2. The highest BCUT2D eigenvalue weighted by atomic mass is 35.5. The summed E-state index contributed by atoms with van der Waals surface area (Å²) in [5.74, 6) is -0.940. The Morgan fingerprint density at radius 2 is 1.72 bits per heavy atom. The lowest BCUT2D eigenvalue weighted by Crippen LogP contribution is -2.43. The highest BCUT2D eigenvalue weighted by Crippen LogP contribution is 2.23. The van der Waals surface area contributed by atoms with Gasteiger partial charge in [0.1, 0.15) is 23.7 Å². The maximum atomic E-state index is 13.9. The Kier molecular flexibility index (Phi) is 14.6. The number of hydrogen-bond donors (Lipinski definition) is 1. The highest BCUT2D eigenvalue weighted by Gasteiger charge is 2.28. The third-order valence-corrected chi connectivity index (χ3v) is 8.41. The third kappa shape index (κ3) is 11.7. The molecule has 3 aromatic rings. The summed E-state index contributed by atoms with van der Waals surface area (Å²) < 4.78 is 30.1. The quantitative estimate of drug-likeness (QED) is 0.224. The number of amides is 4. The summed E-state index contributed by atoms with van der Waals surface area (Å²) in [5, 5.41) is 6.44. The zero-order valence-electron chi connectivity index (χ0n) is 28.2. The third-order valence-electron chi connectivity index (χ3n) is 7.98. The first-order chi connectivity index (χ1) is 23.3. The Bertz CT molecular complexity index is 1600. The van der Waals surface area contributed by atoms with Gasteiger partial charge in [0.25, 0.3) is 0 Å². The van der Waals surface area contributed by atoms with Crippen molar-refractivity contribution in [2.24, 2.45) is 0 Å². The van der Waals surface area contributed by atoms with Crippen molar-refractivity contribution in [3.05, 3.63) is 71.0 Å². The number of benzene rings is 2. The summed E-state index contributed by atoms with van der Waals surface area (Å²) >= 11 is 6.08. The van der Waals surface area contributed by atoms with Crippen LogP contribution in [0, 0.1) is 5.82 Å². The van der Waals surface area contributed by atoms with E-state index >= 15 is 0 Å². The number of nitrogens with zero attached hydrogens (tertiary/aromatic N) is 4. The van der Waals surface area contributed by atoms with Gasteiger partial charge in [-0.1, -0.05) is 66.6 Å². The summed E-state index contributed by atoms with van der Waals surface area (Å²) in [7, 11) is 1.57. The van der Waals surface area contributed by atoms with Gasteiger partial charge in [-0.2, -0.15) is 0 Å². The van der Waals surface area contributed by atoms with E-state index in [1.165, 1.54) is 17.0 Å². The molecule has 4 amide bonds. The lowest BCUT2D eigenvalue weighted by molar-refractivity contribution is -0.135. The van der Waals surface area contributed by atoms with Crippen molar-refractivity contribution in [3.63, 3.8) is 0 Å². The molecule has 0 saturated carbocycles. The second-order valence-electron chi connectivity index (χ2n) is 12.8. The first kappa shape index (κ1) is 39.8. The van der Waals surface area contributed by atoms with Crippen molar-refractivity contribution < 1.29 is 37.6 Å². The Hall–Kier alpha value is -4.65. The molecule has 0 unspecified atom stereocenters. The normalized spacial score (nSPS) is 13.8. The molecular weight excluding hydrogens is 669 g/mol. The molecule has 1 aliphatic heterocycles. The van der Waals surface area contributed by atoms with E-state index < -0.39 is 29.6 Å². The van der Waals surface area contributed by atoms with Gasteiger partial charge in [-0.15, -0.1) is 0 Å². The monoisotopic (exact) mass is 715 g/mol. The molecule has 1 fully saturated rings. The van der Waals surface area contributed by atoms with E-state index in [-0.39, 0.29) is 62.4 Å². The number of rotatable bonds is 11. The number of hydrogen-bond acceptors (Lipinski definition) is 8. The van der Waals surface area contributed by atoms with Gasteiger partial charge in [-0.3, -0.25) is 14.9 Å². The second kappa shape index (κ2) is 18.4. The Labute approximate surface area is 297 Å². The molecule has 1 aromatic heterocycles. The van der Waals surface area contributed by atoms with Crippen LogP contribution in [0.5, 0.6) is 0 Å². The minimum absolute atomic E-state index is 0. The van der Waals surface area contributed by atoms with Gasteiger partial charge in [0.05, 0.1) is 11.1 Å². The van der Waals surface area contributed by atoms with Crippen LogP contribution in [-0.4, -0.2) is 95.3 Å². The van der Waals surface area contributed by atoms with Crippen molar-refractivity contribution in [2.45, 2.75) is 71.9 Å². The summed E-state index contributed by atoms with van der Waals surface area (Å²) in [4.78, 5) is 56.6. The van der Waals surface area contributed by atoms with Crippen LogP contribution in [-0.2, 0) is 25.5 Å². The van der Waals surface area contributed by atoms with Gasteiger partial charge >= 0.3 is 12.2 Å². The van der Waals surface area contributed by atoms with Gasteiger partial charge in [0, 0.05) is 57.7 Å². The fourth-order valence-corrected chi connectivity index (χ4v) is 5.48. The average Bonchev–Trinajstić information content (AvgIpc) is 3.38. The highest BCUT2D eigenvalue weighted by molar-refractivity contribution is 6.31. The van der Waals surface area contributed by atoms with Gasteiger partial charge in [0.2, 0.25) is 17.7 Å². The van der Waals surface area contributed by atoms with E-state index in [4.69, 9.17) is 25.6 Å². The first-order valence-electron chi connectivity index (χ1n) is 16.2. The topological polar surface area (TPSA) is 135 Å². The zero-order valence-corrected chi connectivity index (χ0v) is 29.0. The summed E-state index contributed by atoms with van der Waals surface area (Å²) in [6.45, 7) is 6.80. The molecule has 14 heteroatoms. The van der Waals surface area contributed by atoms with Crippen LogP contribution in [0.4, 0.5) is 19.9 Å². The standard InChI is InChI=1S/C35H43ClFN5O7.CH4/c1-35(2,3)48-34(46)42-19-9-18-41(20-21-42)31(44)17-15-26(40(4)30(43)16-14-25-12-8-13-27(37)32(25)36)23-47-33(45)38-29-22-28(39-49-29)24-10-6-5-7-11-24;/h5-8,10-13,22,26H,9,14-21,23H2,1-4H3,(H,38,45);1H4/t26-;/m0./s1. The SMILES string of the molecule is C.CN(C(=O)CCc1cccc(F)c1Cl)[C@@H](CCC(=O)N1CCCN(C(=O)OC(C)(C)C)CC1)COC(=O)Nc1cc(-c2ccccc2)no1. The fraction of sp³-hybridized carbons (Fsp3) is 0.472. The van der Waals surface area contributed by atoms with E-state index in [0.29, 0.717) is 43.9 Å². The van der Waals surface area contributed by atoms with Crippen LogP contribution in [0.2, 0.25) is 5.02 Å². The van der Waals surface area contributed by atoms with Crippen LogP contribution in [0.1, 0.15) is 59.4 Å². The second-order valence-corrected chi connectivity index (χ2v) is 13.2. The maximum absolute atomic E-state index is 13.9. The number of carbonyl (C=O) groups is 4. The number of nitrogens with one attached hydrogen (secondary N) is 1. The molecule has 0 aliphatic carbocycles. The van der Waals surface area contributed by atoms with Crippen molar-refractivity contribution in [1.82, 2.24) is 19.9 Å². The minimum atomic E-state index is -0.825. The average molecular weight is 716 g/mol. The van der Waals surface area contributed by atoms with Gasteiger partial charge in [-0.05, 0) is 51.7 Å². The summed E-state index contributed by atoms with van der Waals surface area (Å²) in [6.07, 6.45) is -0.174. The van der Waals surface area contributed by atoms with Crippen molar-refractivity contribution in [1.29, 1.82) is 0 Å². The van der Waals surface area contributed by atoms with Crippen molar-refractivity contribution in [3.8, 4) is 11.3 Å². The van der Waals surface area contributed by atoms with Crippen LogP contribution >= 0.6 is 11.6 Å². The molecule has 0 radical (unpaired) electrons. The number of anilines is 1. The summed E-state index contributed by atoms with van der Waals surface area (Å²) in [5.41, 5.74) is 1.20. The molecule has 1 aliphatic rings. The minimum Gasteiger partial charge on any atom is -0.447 e. The number of carbonyl (C=O) groups excluding carboxylic acids is 4. The Morgan fingerprint density at radius 1 is 1.02 bits per heavy atom. The lowest BCUT2D eigenvalue weighted by Gasteiger charge is -2.29. The van der Waals surface area contributed by atoms with Crippen LogP contribution in [0.15, 0.2) is 59.1 Å². The molecule has 0 bridgehead atoms. The summed E-state index contributed by atoms with van der Waals surface area (Å²) in [6, 6.07) is 14.6. The molecule has 2 heterocycles. The van der Waals surface area contributed by atoms with Gasteiger partial charge in [0.15, 0.2) is 0 Å². The largest absolute Gasteiger partial charge is 0.447 e. The van der Waals surface area contributed by atoms with Crippen LogP contribution in [0.25, 0.3) is 11.3 Å². The molecule has 50 heavy (non-hydrogen) atoms. The number of aromatic nitrogens is 1. The van der Waals surface area contributed by atoms with Crippen LogP contribution < -0.4 is 5.32 Å². The number of ether oxygens (including phenoxy) is 2. The van der Waals surface area contributed by atoms with Gasteiger partial charge in [-0.25, -0.2) is 14.0 Å². The fourth-order valence-electron chi connectivity index (χ4n) is 5.26. The molecule has 2 aromatic carbocycles. The molecule has 1 N–H and O–H groups in total. The molecule has 4 rings (SSSR count). The van der Waals surface area contributed by atoms with E-state index in [1.54, 1.807) is 49.8 Å². The van der Waals surface area contributed by atoms with Gasteiger partial charge < -0.3 is 28.7 Å². The Morgan fingerprint density at radius 3 is 2.44 bits per heavy atom. The van der Waals surface area contributed by atoms with E-state index in [0.717, 1.165) is 5.56 Å². The number of likely N-dealkylation sites (N-methyl/N-ethyl adjacent to an activating group) is 1. The molecule has 12 nitrogen and oxygen atoms in total. The number of aryl methyl sites for hydroxylation is 1. The van der Waals surface area contributed by atoms with E-state index in [1.807, 2.05) is 30.3 Å². The molecular formula is C36H47ClFN5O7. The van der Waals surface area contributed by atoms with Crippen molar-refractivity contribution in [2.75, 3.05) is 45.2 Å². The smallest absolute Gasteiger partial charge is 0.414 e. The van der Waals surface area contributed by atoms with Crippen LogP contribution in [0.3, 0.4) is 0 Å². The predicted molar refractivity (Wildman–Crippen MR) is 188 cm³/mol. The van der Waals surface area contributed by atoms with E-state index in [9.17, 15) is 23.6 Å². The molecule has 272 valence electrons. The Balaban J connectivity index is 0.00000676. The molecule has 1 atom stereocenters. The van der Waals surface area contributed by atoms with Crippen molar-refractivity contribution >= 4 is 41.5 Å². The maximum Gasteiger partial charge on any atom is 0.414 e. The zero-order chi connectivity index (χ0) is 35.6.